The molecule has 0 bridgehead atoms. The third kappa shape index (κ3) is 3.19. The first kappa shape index (κ1) is 14.2. The maximum absolute atomic E-state index is 12.3. The molecular formula is C15H16O2S2. The van der Waals surface area contributed by atoms with E-state index in [1.165, 1.54) is 11.3 Å². The molecular weight excluding hydrogens is 276 g/mol. The van der Waals surface area contributed by atoms with Crippen LogP contribution >= 0.6 is 11.3 Å². The Bertz CT molecular complexity index is 605. The van der Waals surface area contributed by atoms with Gasteiger partial charge in [-0.1, -0.05) is 23.8 Å². The normalized spacial score (nSPS) is 12.4. The molecule has 2 rings (SSSR count). The molecule has 2 aromatic rings. The van der Waals surface area contributed by atoms with Crippen molar-refractivity contribution in [2.24, 2.45) is 0 Å². The second-order valence-electron chi connectivity index (χ2n) is 4.62. The largest absolute Gasteiger partial charge is 0.293 e. The standard InChI is InChI=1S/C15H16O2S2/c1-10-7-11(2)15(12(3)8-10)13(16)9-19(17)14-5-4-6-18-14/h4-8H,9H2,1-3H3. The van der Waals surface area contributed by atoms with Crippen molar-refractivity contribution in [2.45, 2.75) is 25.0 Å². The van der Waals surface area contributed by atoms with Crippen molar-refractivity contribution >= 4 is 27.9 Å². The predicted octanol–water partition coefficient (Wildman–Crippen LogP) is 3.66. The minimum absolute atomic E-state index is 0.0401. The van der Waals surface area contributed by atoms with E-state index in [0.717, 1.165) is 26.5 Å². The number of carbonyl (C=O) groups is 1. The Labute approximate surface area is 119 Å². The minimum atomic E-state index is -1.24. The molecule has 0 radical (unpaired) electrons. The number of ketones is 1. The first-order valence-electron chi connectivity index (χ1n) is 6.02. The highest BCUT2D eigenvalue weighted by atomic mass is 32.2. The van der Waals surface area contributed by atoms with Crippen LogP contribution in [0.15, 0.2) is 33.9 Å². The topological polar surface area (TPSA) is 34.1 Å². The van der Waals surface area contributed by atoms with Gasteiger partial charge in [-0.15, -0.1) is 11.3 Å². The number of Topliss-reactive ketones (excluding diaryl/α,β-unsaturated/α-hetero) is 1. The Kier molecular flexibility index (Phi) is 4.32. The molecule has 1 aromatic heterocycles. The summed E-state index contributed by atoms with van der Waals surface area (Å²) >= 11 is 1.43. The molecule has 19 heavy (non-hydrogen) atoms. The lowest BCUT2D eigenvalue weighted by molar-refractivity contribution is 0.102. The number of thiophene rings is 1. The van der Waals surface area contributed by atoms with Crippen LogP contribution < -0.4 is 0 Å². The lowest BCUT2D eigenvalue weighted by Crippen LogP contribution is -2.13. The van der Waals surface area contributed by atoms with E-state index in [4.69, 9.17) is 0 Å². The van der Waals surface area contributed by atoms with Gasteiger partial charge >= 0.3 is 0 Å². The molecule has 0 aliphatic heterocycles. The molecule has 100 valence electrons. The second kappa shape index (κ2) is 5.80. The predicted molar refractivity (Wildman–Crippen MR) is 80.6 cm³/mol. The van der Waals surface area contributed by atoms with Gasteiger partial charge in [0.25, 0.3) is 0 Å². The molecule has 1 atom stereocenters. The summed E-state index contributed by atoms with van der Waals surface area (Å²) in [5.41, 5.74) is 3.79. The van der Waals surface area contributed by atoms with E-state index in [1.54, 1.807) is 0 Å². The maximum Gasteiger partial charge on any atom is 0.176 e. The monoisotopic (exact) mass is 292 g/mol. The first-order chi connectivity index (χ1) is 8.99. The molecule has 4 heteroatoms. The average Bonchev–Trinajstić information content (AvgIpc) is 2.80. The van der Waals surface area contributed by atoms with Crippen LogP contribution in [-0.2, 0) is 10.8 Å². The molecule has 1 aromatic carbocycles. The summed E-state index contributed by atoms with van der Waals surface area (Å²) in [5.74, 6) is 0.0207. The van der Waals surface area contributed by atoms with Gasteiger partial charge in [0, 0.05) is 5.56 Å². The third-order valence-corrected chi connectivity index (χ3v) is 5.55. The Morgan fingerprint density at radius 1 is 1.21 bits per heavy atom. The Morgan fingerprint density at radius 3 is 2.37 bits per heavy atom. The highest BCUT2D eigenvalue weighted by Gasteiger charge is 2.17. The van der Waals surface area contributed by atoms with Crippen LogP contribution in [0.25, 0.3) is 0 Å². The highest BCUT2D eigenvalue weighted by Crippen LogP contribution is 2.20. The van der Waals surface area contributed by atoms with Crippen molar-refractivity contribution in [2.75, 3.05) is 5.75 Å². The van der Waals surface area contributed by atoms with Gasteiger partial charge in [-0.05, 0) is 43.3 Å². The lowest BCUT2D eigenvalue weighted by Gasteiger charge is -2.09. The maximum atomic E-state index is 12.3. The number of carbonyl (C=O) groups excluding carboxylic acids is 1. The Balaban J connectivity index is 2.24. The van der Waals surface area contributed by atoms with Crippen LogP contribution in [0.1, 0.15) is 27.0 Å². The van der Waals surface area contributed by atoms with Crippen LogP contribution in [0.5, 0.6) is 0 Å². The zero-order valence-corrected chi connectivity index (χ0v) is 12.9. The fraction of sp³-hybridized carbons (Fsp3) is 0.267. The first-order valence-corrected chi connectivity index (χ1v) is 8.22. The van der Waals surface area contributed by atoms with Crippen LogP contribution in [-0.4, -0.2) is 15.7 Å². The van der Waals surface area contributed by atoms with Gasteiger partial charge in [-0.25, -0.2) is 0 Å². The van der Waals surface area contributed by atoms with Crippen LogP contribution in [0.3, 0.4) is 0 Å². The second-order valence-corrected chi connectivity index (χ2v) is 7.24. The fourth-order valence-electron chi connectivity index (χ4n) is 2.28. The summed E-state index contributed by atoms with van der Waals surface area (Å²) in [6.07, 6.45) is 0. The van der Waals surface area contributed by atoms with E-state index in [1.807, 2.05) is 50.4 Å². The van der Waals surface area contributed by atoms with Crippen LogP contribution in [0.2, 0.25) is 0 Å². The van der Waals surface area contributed by atoms with Crippen LogP contribution in [0, 0.1) is 20.8 Å². The van der Waals surface area contributed by atoms with E-state index >= 15 is 0 Å². The SMILES string of the molecule is Cc1cc(C)c(C(=O)CS(=O)c2cccs2)c(C)c1. The number of hydrogen-bond acceptors (Lipinski definition) is 3. The van der Waals surface area contributed by atoms with Crippen LogP contribution in [0.4, 0.5) is 0 Å². The van der Waals surface area contributed by atoms with Gasteiger partial charge in [0.2, 0.25) is 0 Å². The van der Waals surface area contributed by atoms with Gasteiger partial charge in [0.1, 0.15) is 0 Å². The van der Waals surface area contributed by atoms with Gasteiger partial charge < -0.3 is 0 Å². The fourth-order valence-corrected chi connectivity index (χ4v) is 4.25. The van der Waals surface area contributed by atoms with Gasteiger partial charge in [-0.2, -0.15) is 0 Å². The average molecular weight is 292 g/mol. The minimum Gasteiger partial charge on any atom is -0.293 e. The zero-order chi connectivity index (χ0) is 14.0. The van der Waals surface area contributed by atoms with E-state index in [9.17, 15) is 9.00 Å². The van der Waals surface area contributed by atoms with Gasteiger partial charge in [0.15, 0.2) is 5.78 Å². The number of aryl methyl sites for hydroxylation is 3. The quantitative estimate of drug-likeness (QED) is 0.806. The molecule has 0 aliphatic rings. The van der Waals surface area contributed by atoms with E-state index in [-0.39, 0.29) is 11.5 Å². The molecule has 0 aliphatic carbocycles. The summed E-state index contributed by atoms with van der Waals surface area (Å²) in [4.78, 5) is 12.3. The molecule has 1 heterocycles. The van der Waals surface area contributed by atoms with Crippen molar-refractivity contribution in [1.82, 2.24) is 0 Å². The summed E-state index contributed by atoms with van der Waals surface area (Å²) < 4.78 is 12.8. The molecule has 1 unspecified atom stereocenters. The molecule has 0 saturated carbocycles. The number of benzene rings is 1. The smallest absolute Gasteiger partial charge is 0.176 e. The molecule has 0 fully saturated rings. The summed E-state index contributed by atoms with van der Waals surface area (Å²) in [5, 5.41) is 1.88. The van der Waals surface area contributed by atoms with E-state index in [2.05, 4.69) is 0 Å². The molecule has 0 N–H and O–H groups in total. The van der Waals surface area contributed by atoms with Crippen molar-refractivity contribution < 1.29 is 9.00 Å². The van der Waals surface area contributed by atoms with Crippen molar-refractivity contribution in [3.8, 4) is 0 Å². The third-order valence-electron chi connectivity index (χ3n) is 2.94. The Hall–Kier alpha value is -1.26. The van der Waals surface area contributed by atoms with Gasteiger partial charge in [-0.3, -0.25) is 9.00 Å². The molecule has 2 nitrogen and oxygen atoms in total. The highest BCUT2D eigenvalue weighted by molar-refractivity contribution is 7.88. The molecule has 0 spiro atoms. The van der Waals surface area contributed by atoms with Gasteiger partial charge in [0.05, 0.1) is 20.8 Å². The van der Waals surface area contributed by atoms with Crippen molar-refractivity contribution in [1.29, 1.82) is 0 Å². The van der Waals surface area contributed by atoms with E-state index in [0.29, 0.717) is 0 Å². The molecule has 0 saturated heterocycles. The Morgan fingerprint density at radius 2 is 1.84 bits per heavy atom. The summed E-state index contributed by atoms with van der Waals surface area (Å²) in [6, 6.07) is 7.65. The number of hydrogen-bond donors (Lipinski definition) is 0. The van der Waals surface area contributed by atoms with Crippen molar-refractivity contribution in [3.05, 3.63) is 51.9 Å². The summed E-state index contributed by atoms with van der Waals surface area (Å²) in [6.45, 7) is 5.88. The van der Waals surface area contributed by atoms with Crippen molar-refractivity contribution in [3.63, 3.8) is 0 Å². The molecule has 0 amide bonds. The summed E-state index contributed by atoms with van der Waals surface area (Å²) in [7, 11) is -1.24. The number of rotatable bonds is 4. The zero-order valence-electron chi connectivity index (χ0n) is 11.2. The van der Waals surface area contributed by atoms with E-state index < -0.39 is 10.8 Å². The lowest BCUT2D eigenvalue weighted by atomic mass is 9.97.